The van der Waals surface area contributed by atoms with Gasteiger partial charge in [-0.25, -0.2) is 0 Å². The molecule has 1 aromatic heterocycles. The monoisotopic (exact) mass is 260 g/mol. The Morgan fingerprint density at radius 1 is 1.21 bits per heavy atom. The first-order chi connectivity index (χ1) is 9.26. The fourth-order valence-electron chi connectivity index (χ4n) is 3.53. The summed E-state index contributed by atoms with van der Waals surface area (Å²) in [6, 6.07) is 7.59. The Balaban J connectivity index is 1.60. The Morgan fingerprint density at radius 3 is 2.79 bits per heavy atom. The van der Waals surface area contributed by atoms with Crippen LogP contribution in [0.2, 0.25) is 0 Å². The SMILES string of the molecule is CC1(c2ccccn2)CCC(NC2CCOCC2)C1. The Morgan fingerprint density at radius 2 is 2.05 bits per heavy atom. The molecule has 1 aliphatic carbocycles. The zero-order chi connectivity index (χ0) is 13.1. The fourth-order valence-corrected chi connectivity index (χ4v) is 3.53. The molecule has 2 heterocycles. The highest BCUT2D eigenvalue weighted by molar-refractivity contribution is 5.18. The molecule has 3 heteroatoms. The Kier molecular flexibility index (Phi) is 3.85. The average Bonchev–Trinajstić information content (AvgIpc) is 2.84. The number of ether oxygens (including phenoxy) is 1. The van der Waals surface area contributed by atoms with E-state index in [0.29, 0.717) is 12.1 Å². The molecular formula is C16H24N2O. The molecule has 2 aliphatic rings. The zero-order valence-corrected chi connectivity index (χ0v) is 11.8. The van der Waals surface area contributed by atoms with Gasteiger partial charge in [0.2, 0.25) is 0 Å². The third-order valence-corrected chi connectivity index (χ3v) is 4.72. The molecule has 2 fully saturated rings. The van der Waals surface area contributed by atoms with Gasteiger partial charge in [-0.3, -0.25) is 4.98 Å². The fraction of sp³-hybridized carbons (Fsp3) is 0.688. The molecular weight excluding hydrogens is 236 g/mol. The first-order valence-electron chi connectivity index (χ1n) is 7.52. The van der Waals surface area contributed by atoms with Gasteiger partial charge in [-0.05, 0) is 44.2 Å². The summed E-state index contributed by atoms with van der Waals surface area (Å²) in [5.41, 5.74) is 1.51. The molecule has 1 N–H and O–H groups in total. The van der Waals surface area contributed by atoms with E-state index in [1.165, 1.54) is 25.0 Å². The summed E-state index contributed by atoms with van der Waals surface area (Å²) >= 11 is 0. The number of nitrogens with one attached hydrogen (secondary N) is 1. The highest BCUT2D eigenvalue weighted by atomic mass is 16.5. The molecule has 0 bridgehead atoms. The molecule has 1 saturated carbocycles. The highest BCUT2D eigenvalue weighted by Crippen LogP contribution is 2.40. The van der Waals surface area contributed by atoms with Crippen LogP contribution in [0, 0.1) is 0 Å². The van der Waals surface area contributed by atoms with E-state index in [4.69, 9.17) is 4.74 Å². The van der Waals surface area contributed by atoms with Crippen LogP contribution in [0.3, 0.4) is 0 Å². The number of pyridine rings is 1. The second kappa shape index (κ2) is 5.59. The first-order valence-corrected chi connectivity index (χ1v) is 7.52. The lowest BCUT2D eigenvalue weighted by molar-refractivity contribution is 0.0749. The second-order valence-corrected chi connectivity index (χ2v) is 6.27. The maximum Gasteiger partial charge on any atom is 0.0480 e. The molecule has 0 aromatic carbocycles. The summed E-state index contributed by atoms with van der Waals surface area (Å²) in [5.74, 6) is 0. The lowest BCUT2D eigenvalue weighted by Crippen LogP contribution is -2.41. The van der Waals surface area contributed by atoms with Crippen LogP contribution < -0.4 is 5.32 Å². The van der Waals surface area contributed by atoms with E-state index in [9.17, 15) is 0 Å². The molecule has 104 valence electrons. The van der Waals surface area contributed by atoms with Crippen LogP contribution in [0.15, 0.2) is 24.4 Å². The van der Waals surface area contributed by atoms with E-state index < -0.39 is 0 Å². The van der Waals surface area contributed by atoms with Gasteiger partial charge >= 0.3 is 0 Å². The van der Waals surface area contributed by atoms with Crippen LogP contribution in [-0.4, -0.2) is 30.3 Å². The Hall–Kier alpha value is -0.930. The van der Waals surface area contributed by atoms with Crippen molar-refractivity contribution in [3.8, 4) is 0 Å². The van der Waals surface area contributed by atoms with Crippen molar-refractivity contribution in [1.82, 2.24) is 10.3 Å². The van der Waals surface area contributed by atoms with Crippen LogP contribution >= 0.6 is 0 Å². The topological polar surface area (TPSA) is 34.2 Å². The van der Waals surface area contributed by atoms with E-state index in [2.05, 4.69) is 29.4 Å². The maximum atomic E-state index is 5.42. The van der Waals surface area contributed by atoms with Gasteiger partial charge in [-0.1, -0.05) is 13.0 Å². The third kappa shape index (κ3) is 2.98. The van der Waals surface area contributed by atoms with E-state index in [0.717, 1.165) is 26.1 Å². The standard InChI is InChI=1S/C16H24N2O/c1-16(15-4-2-3-9-17-15)8-5-14(12-16)18-13-6-10-19-11-7-13/h2-4,9,13-14,18H,5-8,10-12H2,1H3. The summed E-state index contributed by atoms with van der Waals surface area (Å²) in [4.78, 5) is 4.57. The average molecular weight is 260 g/mol. The minimum atomic E-state index is 0.254. The third-order valence-electron chi connectivity index (χ3n) is 4.72. The van der Waals surface area contributed by atoms with E-state index in [-0.39, 0.29) is 5.41 Å². The number of hydrogen-bond donors (Lipinski definition) is 1. The van der Waals surface area contributed by atoms with Crippen molar-refractivity contribution in [2.75, 3.05) is 13.2 Å². The zero-order valence-electron chi connectivity index (χ0n) is 11.8. The highest BCUT2D eigenvalue weighted by Gasteiger charge is 2.38. The maximum absolute atomic E-state index is 5.42. The van der Waals surface area contributed by atoms with Gasteiger partial charge in [-0.15, -0.1) is 0 Å². The van der Waals surface area contributed by atoms with Gasteiger partial charge in [0.1, 0.15) is 0 Å². The number of aromatic nitrogens is 1. The molecule has 19 heavy (non-hydrogen) atoms. The summed E-state index contributed by atoms with van der Waals surface area (Å²) in [6.45, 7) is 4.20. The van der Waals surface area contributed by atoms with Crippen molar-refractivity contribution in [2.45, 2.75) is 56.5 Å². The summed E-state index contributed by atoms with van der Waals surface area (Å²) < 4.78 is 5.42. The molecule has 0 spiro atoms. The van der Waals surface area contributed by atoms with Crippen molar-refractivity contribution < 1.29 is 4.74 Å². The van der Waals surface area contributed by atoms with Gasteiger partial charge in [0.05, 0.1) is 0 Å². The Labute approximate surface area is 115 Å². The van der Waals surface area contributed by atoms with Crippen molar-refractivity contribution in [3.63, 3.8) is 0 Å². The van der Waals surface area contributed by atoms with Gasteiger partial charge in [0, 0.05) is 42.6 Å². The predicted octanol–water partition coefficient (Wildman–Crippen LogP) is 2.66. The molecule has 1 aromatic rings. The summed E-state index contributed by atoms with van der Waals surface area (Å²) in [7, 11) is 0. The quantitative estimate of drug-likeness (QED) is 0.907. The molecule has 3 rings (SSSR count). The van der Waals surface area contributed by atoms with Crippen molar-refractivity contribution in [3.05, 3.63) is 30.1 Å². The van der Waals surface area contributed by atoms with E-state index >= 15 is 0 Å². The van der Waals surface area contributed by atoms with Crippen LogP contribution in [0.5, 0.6) is 0 Å². The number of hydrogen-bond acceptors (Lipinski definition) is 3. The summed E-state index contributed by atoms with van der Waals surface area (Å²) in [5, 5.41) is 3.83. The minimum absolute atomic E-state index is 0.254. The first kappa shape index (κ1) is 13.1. The van der Waals surface area contributed by atoms with Crippen LogP contribution in [0.4, 0.5) is 0 Å². The molecule has 1 saturated heterocycles. The lowest BCUT2D eigenvalue weighted by atomic mass is 9.84. The Bertz CT molecular complexity index is 402. The number of rotatable bonds is 3. The normalized spacial score (nSPS) is 32.6. The van der Waals surface area contributed by atoms with Crippen molar-refractivity contribution in [1.29, 1.82) is 0 Å². The molecule has 1 aliphatic heterocycles. The minimum Gasteiger partial charge on any atom is -0.381 e. The van der Waals surface area contributed by atoms with Crippen LogP contribution in [0.1, 0.15) is 44.7 Å². The molecule has 2 atom stereocenters. The van der Waals surface area contributed by atoms with Gasteiger partial charge in [0.25, 0.3) is 0 Å². The number of nitrogens with zero attached hydrogens (tertiary/aromatic N) is 1. The van der Waals surface area contributed by atoms with Gasteiger partial charge in [0.15, 0.2) is 0 Å². The molecule has 3 nitrogen and oxygen atoms in total. The largest absolute Gasteiger partial charge is 0.381 e. The molecule has 2 unspecified atom stereocenters. The van der Waals surface area contributed by atoms with Gasteiger partial charge in [-0.2, -0.15) is 0 Å². The van der Waals surface area contributed by atoms with Crippen molar-refractivity contribution in [2.24, 2.45) is 0 Å². The van der Waals surface area contributed by atoms with E-state index in [1.54, 1.807) is 0 Å². The second-order valence-electron chi connectivity index (χ2n) is 6.27. The van der Waals surface area contributed by atoms with Crippen LogP contribution in [0.25, 0.3) is 0 Å². The van der Waals surface area contributed by atoms with Crippen LogP contribution in [-0.2, 0) is 10.2 Å². The summed E-state index contributed by atoms with van der Waals surface area (Å²) in [6.07, 6.45) is 7.96. The molecule has 0 amide bonds. The smallest absolute Gasteiger partial charge is 0.0480 e. The lowest BCUT2D eigenvalue weighted by Gasteiger charge is -2.28. The van der Waals surface area contributed by atoms with Crippen molar-refractivity contribution >= 4 is 0 Å². The van der Waals surface area contributed by atoms with Gasteiger partial charge < -0.3 is 10.1 Å². The van der Waals surface area contributed by atoms with E-state index in [1.807, 2.05) is 12.3 Å². The predicted molar refractivity (Wildman–Crippen MR) is 76.2 cm³/mol. The molecule has 0 radical (unpaired) electrons.